The van der Waals surface area contributed by atoms with E-state index in [9.17, 15) is 9.50 Å². The normalized spacial score (nSPS) is 22.2. The summed E-state index contributed by atoms with van der Waals surface area (Å²) < 4.78 is 12.8. The summed E-state index contributed by atoms with van der Waals surface area (Å²) in [5.74, 6) is -0.368. The van der Waals surface area contributed by atoms with Crippen LogP contribution in [0.15, 0.2) is 18.2 Å². The summed E-state index contributed by atoms with van der Waals surface area (Å²) in [6, 6.07) is 4.49. The molecular weight excluding hydrogens is 207 g/mol. The fraction of sp³-hybridized carbons (Fsp3) is 0.500. The monoisotopic (exact) mass is 224 g/mol. The Morgan fingerprint density at radius 1 is 1.56 bits per heavy atom. The molecule has 2 rings (SSSR count). The van der Waals surface area contributed by atoms with Gasteiger partial charge in [0.1, 0.15) is 5.82 Å². The van der Waals surface area contributed by atoms with Crippen LogP contribution < -0.4 is 11.1 Å². The Morgan fingerprint density at radius 2 is 2.38 bits per heavy atom. The summed E-state index contributed by atoms with van der Waals surface area (Å²) in [6.07, 6.45) is 2.25. The minimum Gasteiger partial charge on any atom is -0.398 e. The molecule has 1 saturated heterocycles. The fourth-order valence-corrected chi connectivity index (χ4v) is 2.20. The van der Waals surface area contributed by atoms with Gasteiger partial charge in [0, 0.05) is 17.3 Å². The summed E-state index contributed by atoms with van der Waals surface area (Å²) in [5, 5.41) is 13.3. The Balaban J connectivity index is 2.04. The van der Waals surface area contributed by atoms with Gasteiger partial charge in [0.25, 0.3) is 0 Å². The third-order valence-electron chi connectivity index (χ3n) is 3.08. The Labute approximate surface area is 94.5 Å². The number of nitrogen functional groups attached to an aromatic ring is 1. The molecule has 0 radical (unpaired) electrons. The van der Waals surface area contributed by atoms with Gasteiger partial charge in [-0.3, -0.25) is 0 Å². The molecule has 1 heterocycles. The van der Waals surface area contributed by atoms with Gasteiger partial charge in [-0.25, -0.2) is 4.39 Å². The van der Waals surface area contributed by atoms with E-state index in [0.717, 1.165) is 19.4 Å². The van der Waals surface area contributed by atoms with E-state index in [-0.39, 0.29) is 5.82 Å². The molecule has 1 aromatic rings. The van der Waals surface area contributed by atoms with Crippen LogP contribution in [0.1, 0.15) is 30.9 Å². The van der Waals surface area contributed by atoms with E-state index in [1.54, 1.807) is 6.07 Å². The number of halogens is 1. The lowest BCUT2D eigenvalue weighted by Crippen LogP contribution is -2.24. The number of hydrogen-bond acceptors (Lipinski definition) is 3. The number of rotatable bonds is 3. The van der Waals surface area contributed by atoms with Crippen molar-refractivity contribution in [1.82, 2.24) is 5.32 Å². The first-order valence-corrected chi connectivity index (χ1v) is 5.63. The van der Waals surface area contributed by atoms with Crippen molar-refractivity contribution in [2.45, 2.75) is 31.4 Å². The maximum atomic E-state index is 12.8. The second kappa shape index (κ2) is 4.80. The third-order valence-corrected chi connectivity index (χ3v) is 3.08. The Bertz CT molecular complexity index is 364. The summed E-state index contributed by atoms with van der Waals surface area (Å²) >= 11 is 0. The zero-order valence-electron chi connectivity index (χ0n) is 9.12. The number of benzene rings is 1. The molecule has 0 bridgehead atoms. The predicted octanol–water partition coefficient (Wildman–Crippen LogP) is 1.58. The highest BCUT2D eigenvalue weighted by Crippen LogP contribution is 2.26. The summed E-state index contributed by atoms with van der Waals surface area (Å²) in [4.78, 5) is 0. The molecule has 1 aliphatic heterocycles. The highest BCUT2D eigenvalue weighted by molar-refractivity contribution is 5.48. The van der Waals surface area contributed by atoms with Crippen molar-refractivity contribution in [3.05, 3.63) is 29.6 Å². The molecule has 0 saturated carbocycles. The SMILES string of the molecule is Nc1cc(F)ccc1C(O)CC1CCCN1. The van der Waals surface area contributed by atoms with Crippen molar-refractivity contribution >= 4 is 5.69 Å². The first kappa shape index (κ1) is 11.4. The van der Waals surface area contributed by atoms with Gasteiger partial charge in [-0.1, -0.05) is 6.07 Å². The van der Waals surface area contributed by atoms with Gasteiger partial charge in [0.2, 0.25) is 0 Å². The van der Waals surface area contributed by atoms with Crippen molar-refractivity contribution in [2.75, 3.05) is 12.3 Å². The maximum Gasteiger partial charge on any atom is 0.125 e. The van der Waals surface area contributed by atoms with Crippen molar-refractivity contribution in [1.29, 1.82) is 0 Å². The zero-order chi connectivity index (χ0) is 11.5. The number of aliphatic hydroxyl groups is 1. The highest BCUT2D eigenvalue weighted by atomic mass is 19.1. The van der Waals surface area contributed by atoms with E-state index in [1.807, 2.05) is 0 Å². The summed E-state index contributed by atoms with van der Waals surface area (Å²) in [7, 11) is 0. The van der Waals surface area contributed by atoms with E-state index >= 15 is 0 Å². The van der Waals surface area contributed by atoms with Crippen LogP contribution in [0.5, 0.6) is 0 Å². The van der Waals surface area contributed by atoms with Crippen molar-refractivity contribution in [3.63, 3.8) is 0 Å². The molecule has 4 N–H and O–H groups in total. The van der Waals surface area contributed by atoms with Crippen molar-refractivity contribution in [3.8, 4) is 0 Å². The lowest BCUT2D eigenvalue weighted by atomic mass is 9.99. The Hall–Kier alpha value is -1.13. The number of anilines is 1. The van der Waals surface area contributed by atoms with Crippen molar-refractivity contribution < 1.29 is 9.50 Å². The highest BCUT2D eigenvalue weighted by Gasteiger charge is 2.20. The minimum atomic E-state index is -0.615. The fourth-order valence-electron chi connectivity index (χ4n) is 2.20. The second-order valence-corrected chi connectivity index (χ2v) is 4.32. The van der Waals surface area contributed by atoms with Gasteiger partial charge >= 0.3 is 0 Å². The van der Waals surface area contributed by atoms with E-state index in [4.69, 9.17) is 5.73 Å². The Morgan fingerprint density at radius 3 is 3.00 bits per heavy atom. The van der Waals surface area contributed by atoms with Gasteiger partial charge in [-0.2, -0.15) is 0 Å². The molecule has 1 fully saturated rings. The minimum absolute atomic E-state index is 0.325. The van der Waals surface area contributed by atoms with Crippen LogP contribution in [-0.4, -0.2) is 17.7 Å². The quantitative estimate of drug-likeness (QED) is 0.683. The van der Waals surface area contributed by atoms with Gasteiger partial charge < -0.3 is 16.2 Å². The molecule has 2 atom stereocenters. The van der Waals surface area contributed by atoms with Crippen LogP contribution in [0.3, 0.4) is 0 Å². The standard InChI is InChI=1S/C12H17FN2O/c13-8-3-4-10(11(14)6-8)12(16)7-9-2-1-5-15-9/h3-4,6,9,12,15-16H,1-2,5,7,14H2. The largest absolute Gasteiger partial charge is 0.398 e. The molecular formula is C12H17FN2O. The molecule has 3 nitrogen and oxygen atoms in total. The molecule has 2 unspecified atom stereocenters. The van der Waals surface area contributed by atoms with Crippen LogP contribution in [0.25, 0.3) is 0 Å². The second-order valence-electron chi connectivity index (χ2n) is 4.32. The third kappa shape index (κ3) is 2.51. The lowest BCUT2D eigenvalue weighted by molar-refractivity contribution is 0.155. The number of hydrogen-bond donors (Lipinski definition) is 3. The molecule has 0 aromatic heterocycles. The smallest absolute Gasteiger partial charge is 0.125 e. The van der Waals surface area contributed by atoms with Crippen molar-refractivity contribution in [2.24, 2.45) is 0 Å². The predicted molar refractivity (Wildman–Crippen MR) is 61.4 cm³/mol. The zero-order valence-corrected chi connectivity index (χ0v) is 9.12. The molecule has 0 aliphatic carbocycles. The average Bonchev–Trinajstić information content (AvgIpc) is 2.70. The van der Waals surface area contributed by atoms with E-state index < -0.39 is 6.10 Å². The van der Waals surface area contributed by atoms with Gasteiger partial charge in [-0.05, 0) is 37.9 Å². The van der Waals surface area contributed by atoms with Crippen LogP contribution in [0.4, 0.5) is 10.1 Å². The molecule has 1 aliphatic rings. The Kier molecular flexibility index (Phi) is 3.41. The number of nitrogens with two attached hydrogens (primary N) is 1. The molecule has 4 heteroatoms. The van der Waals surface area contributed by atoms with Crippen LogP contribution in [0.2, 0.25) is 0 Å². The van der Waals surface area contributed by atoms with Crippen LogP contribution in [0, 0.1) is 5.82 Å². The van der Waals surface area contributed by atoms with E-state index in [2.05, 4.69) is 5.32 Å². The molecule has 1 aromatic carbocycles. The first-order valence-electron chi connectivity index (χ1n) is 5.63. The van der Waals surface area contributed by atoms with Gasteiger partial charge in [0.15, 0.2) is 0 Å². The van der Waals surface area contributed by atoms with Crippen LogP contribution >= 0.6 is 0 Å². The molecule has 0 amide bonds. The topological polar surface area (TPSA) is 58.3 Å². The molecule has 88 valence electrons. The van der Waals surface area contributed by atoms with Gasteiger partial charge in [-0.15, -0.1) is 0 Å². The molecule has 0 spiro atoms. The van der Waals surface area contributed by atoms with Gasteiger partial charge in [0.05, 0.1) is 6.10 Å². The first-order chi connectivity index (χ1) is 7.66. The number of aliphatic hydroxyl groups excluding tert-OH is 1. The van der Waals surface area contributed by atoms with E-state index in [0.29, 0.717) is 23.7 Å². The van der Waals surface area contributed by atoms with E-state index in [1.165, 1.54) is 12.1 Å². The maximum absolute atomic E-state index is 12.8. The number of nitrogens with one attached hydrogen (secondary N) is 1. The summed E-state index contributed by atoms with van der Waals surface area (Å²) in [6.45, 7) is 1.01. The molecule has 16 heavy (non-hydrogen) atoms. The average molecular weight is 224 g/mol. The summed E-state index contributed by atoms with van der Waals surface area (Å²) in [5.41, 5.74) is 6.62. The lowest BCUT2D eigenvalue weighted by Gasteiger charge is -2.17. The van der Waals surface area contributed by atoms with Crippen LogP contribution in [-0.2, 0) is 0 Å².